The van der Waals surface area contributed by atoms with Crippen LogP contribution in [-0.4, -0.2) is 104 Å². The molecule has 210 valence electrons. The van der Waals surface area contributed by atoms with Gasteiger partial charge in [-0.2, -0.15) is 0 Å². The third-order valence-electron chi connectivity index (χ3n) is 11.0. The first-order valence-corrected chi connectivity index (χ1v) is 16.1. The lowest BCUT2D eigenvalue weighted by atomic mass is 9.78. The topological polar surface area (TPSA) is 60.1 Å². The molecule has 7 unspecified atom stereocenters. The molecule has 6 fully saturated rings. The van der Waals surface area contributed by atoms with Crippen molar-refractivity contribution in [3.8, 4) is 0 Å². The van der Waals surface area contributed by atoms with Gasteiger partial charge in [0.05, 0.1) is 18.9 Å². The Bertz CT molecular complexity index is 737. The summed E-state index contributed by atoms with van der Waals surface area (Å²) in [5.41, 5.74) is 0. The van der Waals surface area contributed by atoms with Crippen LogP contribution in [0.4, 0.5) is 0 Å². The number of piperazine rings is 1. The van der Waals surface area contributed by atoms with Crippen LogP contribution in [0.3, 0.4) is 0 Å². The molecule has 0 spiro atoms. The predicted molar refractivity (Wildman–Crippen MR) is 147 cm³/mol. The lowest BCUT2D eigenvalue weighted by molar-refractivity contribution is -0.132. The van der Waals surface area contributed by atoms with Crippen molar-refractivity contribution in [2.45, 2.75) is 95.4 Å². The van der Waals surface area contributed by atoms with Gasteiger partial charge in [0.15, 0.2) is 0 Å². The van der Waals surface area contributed by atoms with Gasteiger partial charge in [-0.05, 0) is 88.6 Å². The maximum atomic E-state index is 13.3. The van der Waals surface area contributed by atoms with Crippen molar-refractivity contribution in [2.75, 3.05) is 65.5 Å². The minimum Gasteiger partial charge on any atom is -0.376 e. The van der Waals surface area contributed by atoms with E-state index in [1.807, 2.05) is 0 Å². The van der Waals surface area contributed by atoms with Crippen LogP contribution in [0.15, 0.2) is 0 Å². The molecule has 4 aliphatic heterocycles. The van der Waals surface area contributed by atoms with Gasteiger partial charge in [-0.3, -0.25) is 9.69 Å². The number of carbonyl (C=O) groups is 1. The zero-order chi connectivity index (χ0) is 25.0. The van der Waals surface area contributed by atoms with Crippen molar-refractivity contribution in [2.24, 2.45) is 23.7 Å². The summed E-state index contributed by atoms with van der Waals surface area (Å²) in [5, 5.41) is 7.49. The van der Waals surface area contributed by atoms with Gasteiger partial charge in [0.25, 0.3) is 0 Å². The largest absolute Gasteiger partial charge is 0.376 e. The number of nitrogens with one attached hydrogen (secondary N) is 2. The molecular weight excluding hydrogens is 462 g/mol. The average molecular weight is 516 g/mol. The fourth-order valence-corrected chi connectivity index (χ4v) is 8.81. The summed E-state index contributed by atoms with van der Waals surface area (Å²) in [5.74, 6) is 3.19. The molecule has 0 bridgehead atoms. The molecule has 37 heavy (non-hydrogen) atoms. The number of hydrogen-bond acceptors (Lipinski definition) is 6. The minimum absolute atomic E-state index is 0.366. The van der Waals surface area contributed by atoms with Crippen LogP contribution in [0.25, 0.3) is 0 Å². The Labute approximate surface area is 225 Å². The third-order valence-corrected chi connectivity index (χ3v) is 11.0. The summed E-state index contributed by atoms with van der Waals surface area (Å²) in [6.45, 7) is 10.8. The van der Waals surface area contributed by atoms with Gasteiger partial charge >= 0.3 is 0 Å². The van der Waals surface area contributed by atoms with Crippen molar-refractivity contribution in [3.63, 3.8) is 0 Å². The van der Waals surface area contributed by atoms with Gasteiger partial charge in [-0.1, -0.05) is 12.8 Å². The fourth-order valence-electron chi connectivity index (χ4n) is 8.81. The summed E-state index contributed by atoms with van der Waals surface area (Å²) < 4.78 is 6.32. The number of piperidine rings is 1. The van der Waals surface area contributed by atoms with Crippen LogP contribution in [-0.2, 0) is 9.53 Å². The number of nitrogens with zero attached hydrogens (tertiary/aromatic N) is 3. The van der Waals surface area contributed by atoms with E-state index in [1.165, 1.54) is 103 Å². The number of rotatable bonds is 6. The van der Waals surface area contributed by atoms with E-state index in [0.717, 1.165) is 57.0 Å². The second-order valence-electron chi connectivity index (χ2n) is 13.3. The highest BCUT2D eigenvalue weighted by Crippen LogP contribution is 2.37. The van der Waals surface area contributed by atoms with Crippen LogP contribution >= 0.6 is 0 Å². The zero-order valence-electron chi connectivity index (χ0n) is 23.3. The number of carbonyl (C=O) groups excluding carboxylic acids is 1. The maximum absolute atomic E-state index is 13.3. The lowest BCUT2D eigenvalue weighted by Crippen LogP contribution is -2.56. The molecule has 0 aromatic heterocycles. The number of fused-ring (bicyclic) bond motifs is 2. The van der Waals surface area contributed by atoms with E-state index in [9.17, 15) is 4.79 Å². The third kappa shape index (κ3) is 6.54. The summed E-state index contributed by atoms with van der Waals surface area (Å²) in [6.07, 6.45) is 16.0. The molecule has 1 amide bonds. The Morgan fingerprint density at radius 3 is 2.62 bits per heavy atom. The van der Waals surface area contributed by atoms with E-state index in [2.05, 4.69) is 25.3 Å². The van der Waals surface area contributed by atoms with E-state index in [-0.39, 0.29) is 0 Å². The molecule has 0 radical (unpaired) electrons. The first kappa shape index (κ1) is 26.5. The standard InChI is InChI=1S/C30H53N5O2/c36-30(11-9-24-20-32-27-6-2-1-5-26(24)27)35-17-18-37-28-10-8-23(19-25(28)22-35)21-33-13-15-34(16-14-33)29-7-3-4-12-31-29/h23-29,31-32H,1-22H2. The van der Waals surface area contributed by atoms with Crippen molar-refractivity contribution >= 4 is 5.91 Å². The Hall–Kier alpha value is -0.730. The molecule has 0 aromatic carbocycles. The molecule has 7 heteroatoms. The van der Waals surface area contributed by atoms with Gasteiger partial charge in [0, 0.05) is 64.2 Å². The predicted octanol–water partition coefficient (Wildman–Crippen LogP) is 2.91. The molecule has 2 saturated carbocycles. The normalized spacial score (nSPS) is 40.1. The molecule has 7 atom stereocenters. The molecule has 2 aliphatic carbocycles. The molecular formula is C30H53N5O2. The average Bonchev–Trinajstić information content (AvgIpc) is 3.24. The highest BCUT2D eigenvalue weighted by Gasteiger charge is 2.39. The van der Waals surface area contributed by atoms with E-state index in [1.54, 1.807) is 0 Å². The lowest BCUT2D eigenvalue weighted by Gasteiger charge is -2.43. The van der Waals surface area contributed by atoms with Crippen molar-refractivity contribution in [1.29, 1.82) is 0 Å². The first-order chi connectivity index (χ1) is 18.2. The second-order valence-corrected chi connectivity index (χ2v) is 13.3. The first-order valence-electron chi connectivity index (χ1n) is 16.1. The van der Waals surface area contributed by atoms with Gasteiger partial charge in [-0.15, -0.1) is 0 Å². The van der Waals surface area contributed by atoms with E-state index in [4.69, 9.17) is 4.74 Å². The Balaban J connectivity index is 0.952. The molecule has 2 N–H and O–H groups in total. The summed E-state index contributed by atoms with van der Waals surface area (Å²) >= 11 is 0. The zero-order valence-corrected chi connectivity index (χ0v) is 23.3. The summed E-state index contributed by atoms with van der Waals surface area (Å²) in [4.78, 5) is 20.9. The highest BCUT2D eigenvalue weighted by molar-refractivity contribution is 5.76. The van der Waals surface area contributed by atoms with Crippen LogP contribution in [0, 0.1) is 23.7 Å². The highest BCUT2D eigenvalue weighted by atomic mass is 16.5. The van der Waals surface area contributed by atoms with Crippen molar-refractivity contribution < 1.29 is 9.53 Å². The van der Waals surface area contributed by atoms with Crippen molar-refractivity contribution in [3.05, 3.63) is 0 Å². The monoisotopic (exact) mass is 515 g/mol. The van der Waals surface area contributed by atoms with Gasteiger partial charge in [0.1, 0.15) is 0 Å². The van der Waals surface area contributed by atoms with Gasteiger partial charge in [0.2, 0.25) is 5.91 Å². The van der Waals surface area contributed by atoms with Crippen LogP contribution in [0.5, 0.6) is 0 Å². The molecule has 6 rings (SSSR count). The second kappa shape index (κ2) is 12.6. The minimum atomic E-state index is 0.366. The molecule has 4 saturated heterocycles. The van der Waals surface area contributed by atoms with Gasteiger partial charge < -0.3 is 25.2 Å². The molecule has 6 aliphatic rings. The fraction of sp³-hybridized carbons (Fsp3) is 0.967. The molecule has 0 aromatic rings. The number of ether oxygens (including phenoxy) is 1. The summed E-state index contributed by atoms with van der Waals surface area (Å²) in [7, 11) is 0. The smallest absolute Gasteiger partial charge is 0.222 e. The Morgan fingerprint density at radius 2 is 1.76 bits per heavy atom. The maximum Gasteiger partial charge on any atom is 0.222 e. The van der Waals surface area contributed by atoms with Crippen LogP contribution < -0.4 is 10.6 Å². The van der Waals surface area contributed by atoms with Crippen molar-refractivity contribution in [1.82, 2.24) is 25.3 Å². The molecule has 4 heterocycles. The quantitative estimate of drug-likeness (QED) is 0.567. The SMILES string of the molecule is O=C(CCC1CNC2CCCCC12)N1CCOC2CCC(CN3CCN(C4CCCCN4)CC3)CC2C1. The molecule has 7 nitrogen and oxygen atoms in total. The van der Waals surface area contributed by atoms with E-state index >= 15 is 0 Å². The Kier molecular flexibility index (Phi) is 9.04. The van der Waals surface area contributed by atoms with Crippen LogP contribution in [0.2, 0.25) is 0 Å². The number of amides is 1. The van der Waals surface area contributed by atoms with Crippen LogP contribution in [0.1, 0.15) is 77.0 Å². The summed E-state index contributed by atoms with van der Waals surface area (Å²) in [6, 6.07) is 0.729. The van der Waals surface area contributed by atoms with Gasteiger partial charge in [-0.25, -0.2) is 0 Å². The Morgan fingerprint density at radius 1 is 0.892 bits per heavy atom. The van der Waals surface area contributed by atoms with E-state index < -0.39 is 0 Å². The number of hydrogen-bond donors (Lipinski definition) is 2. The van der Waals surface area contributed by atoms with E-state index in [0.29, 0.717) is 30.0 Å².